The molecule has 0 aromatic rings. The van der Waals surface area contributed by atoms with Crippen molar-refractivity contribution in [3.05, 3.63) is 23.2 Å². The third-order valence-electron chi connectivity index (χ3n) is 2.84. The van der Waals surface area contributed by atoms with E-state index in [1.165, 1.54) is 64.2 Å². The largest absolute Gasteiger partial charge is 0.0980 e. The molecular weight excluding hydrogens is 260 g/mol. The van der Waals surface area contributed by atoms with Crippen LogP contribution in [0.25, 0.3) is 0 Å². The maximum absolute atomic E-state index is 3.71. The van der Waals surface area contributed by atoms with Crippen LogP contribution in [-0.2, 0) is 0 Å². The van der Waals surface area contributed by atoms with Gasteiger partial charge in [0.05, 0.1) is 0 Å². The number of hydrogen-bond acceptors (Lipinski definition) is 0. The third-order valence-corrected chi connectivity index (χ3v) is 3.49. The molecule has 0 saturated carbocycles. The van der Waals surface area contributed by atoms with E-state index in [4.69, 9.17) is 0 Å². The van der Waals surface area contributed by atoms with Gasteiger partial charge in [-0.05, 0) is 12.8 Å². The highest BCUT2D eigenvalue weighted by Crippen LogP contribution is 2.12. The molecule has 0 amide bonds. The SMILES string of the molecule is C=C/C(Br)=C/CCCCCCCCCCC. The van der Waals surface area contributed by atoms with Crippen molar-refractivity contribution < 1.29 is 0 Å². The topological polar surface area (TPSA) is 0 Å². The Labute approximate surface area is 110 Å². The standard InChI is InChI=1S/C15H27Br/c1-3-5-6-7-8-9-10-11-12-13-14-15(16)4-2/h4,14H,2-3,5-13H2,1H3/b15-14-. The summed E-state index contributed by atoms with van der Waals surface area (Å²) in [6.07, 6.45) is 17.9. The zero-order valence-electron chi connectivity index (χ0n) is 10.8. The van der Waals surface area contributed by atoms with Crippen LogP contribution in [0.3, 0.4) is 0 Å². The van der Waals surface area contributed by atoms with Crippen molar-refractivity contribution in [3.63, 3.8) is 0 Å². The molecule has 0 aliphatic rings. The highest BCUT2D eigenvalue weighted by atomic mass is 79.9. The van der Waals surface area contributed by atoms with Crippen LogP contribution in [0.1, 0.15) is 71.1 Å². The van der Waals surface area contributed by atoms with E-state index in [2.05, 4.69) is 35.5 Å². The van der Waals surface area contributed by atoms with E-state index in [-0.39, 0.29) is 0 Å². The van der Waals surface area contributed by atoms with Crippen LogP contribution in [0.2, 0.25) is 0 Å². The molecule has 0 aliphatic heterocycles. The van der Waals surface area contributed by atoms with Crippen LogP contribution in [0.4, 0.5) is 0 Å². The molecule has 0 unspecified atom stereocenters. The summed E-state index contributed by atoms with van der Waals surface area (Å²) in [4.78, 5) is 0. The average molecular weight is 287 g/mol. The predicted octanol–water partition coefficient (Wildman–Crippen LogP) is 6.37. The first kappa shape index (κ1) is 16.0. The van der Waals surface area contributed by atoms with E-state index in [0.717, 1.165) is 4.48 Å². The number of rotatable bonds is 11. The summed E-state index contributed by atoms with van der Waals surface area (Å²) in [5, 5.41) is 0. The van der Waals surface area contributed by atoms with Gasteiger partial charge in [-0.1, -0.05) is 93.0 Å². The minimum atomic E-state index is 1.13. The molecule has 0 heterocycles. The smallest absolute Gasteiger partial charge is 0.0129 e. The first-order chi connectivity index (χ1) is 7.81. The Kier molecular flexibility index (Phi) is 13.0. The summed E-state index contributed by atoms with van der Waals surface area (Å²) in [7, 11) is 0. The maximum atomic E-state index is 3.71. The minimum Gasteiger partial charge on any atom is -0.0980 e. The second-order valence-corrected chi connectivity index (χ2v) is 5.33. The Balaban J connectivity index is 3.07. The monoisotopic (exact) mass is 286 g/mol. The van der Waals surface area contributed by atoms with Crippen LogP contribution < -0.4 is 0 Å². The van der Waals surface area contributed by atoms with Crippen LogP contribution in [0.5, 0.6) is 0 Å². The highest BCUT2D eigenvalue weighted by molar-refractivity contribution is 9.11. The van der Waals surface area contributed by atoms with Crippen molar-refractivity contribution in [1.82, 2.24) is 0 Å². The fourth-order valence-corrected chi connectivity index (χ4v) is 2.01. The molecule has 0 atom stereocenters. The maximum Gasteiger partial charge on any atom is 0.0129 e. The van der Waals surface area contributed by atoms with Crippen LogP contribution in [0.15, 0.2) is 23.2 Å². The fraction of sp³-hybridized carbons (Fsp3) is 0.733. The van der Waals surface area contributed by atoms with Crippen LogP contribution >= 0.6 is 15.9 Å². The lowest BCUT2D eigenvalue weighted by molar-refractivity contribution is 0.566. The fourth-order valence-electron chi connectivity index (χ4n) is 1.78. The van der Waals surface area contributed by atoms with Crippen molar-refractivity contribution in [1.29, 1.82) is 0 Å². The molecular formula is C15H27Br. The van der Waals surface area contributed by atoms with E-state index < -0.39 is 0 Å². The molecule has 0 aromatic carbocycles. The molecule has 0 nitrogen and oxygen atoms in total. The van der Waals surface area contributed by atoms with E-state index >= 15 is 0 Å². The van der Waals surface area contributed by atoms with Crippen molar-refractivity contribution in [2.24, 2.45) is 0 Å². The predicted molar refractivity (Wildman–Crippen MR) is 79.1 cm³/mol. The summed E-state index contributed by atoms with van der Waals surface area (Å²) in [5.41, 5.74) is 0. The summed E-state index contributed by atoms with van der Waals surface area (Å²) >= 11 is 3.44. The van der Waals surface area contributed by atoms with Gasteiger partial charge in [-0.3, -0.25) is 0 Å². The van der Waals surface area contributed by atoms with Crippen molar-refractivity contribution in [3.8, 4) is 0 Å². The molecule has 0 aromatic heterocycles. The Hall–Kier alpha value is -0.0400. The molecule has 94 valence electrons. The summed E-state index contributed by atoms with van der Waals surface area (Å²) in [5.74, 6) is 0. The Morgan fingerprint density at radius 2 is 1.44 bits per heavy atom. The van der Waals surface area contributed by atoms with E-state index in [1.807, 2.05) is 6.08 Å². The lowest BCUT2D eigenvalue weighted by Crippen LogP contribution is -1.80. The summed E-state index contributed by atoms with van der Waals surface area (Å²) < 4.78 is 1.13. The van der Waals surface area contributed by atoms with E-state index in [1.54, 1.807) is 0 Å². The van der Waals surface area contributed by atoms with Gasteiger partial charge < -0.3 is 0 Å². The first-order valence-corrected chi connectivity index (χ1v) is 7.58. The summed E-state index contributed by atoms with van der Waals surface area (Å²) in [6.45, 7) is 5.98. The van der Waals surface area contributed by atoms with Gasteiger partial charge in [0.25, 0.3) is 0 Å². The first-order valence-electron chi connectivity index (χ1n) is 6.79. The van der Waals surface area contributed by atoms with Gasteiger partial charge in [0.1, 0.15) is 0 Å². The number of unbranched alkanes of at least 4 members (excludes halogenated alkanes) is 9. The zero-order chi connectivity index (χ0) is 12.1. The molecule has 0 saturated heterocycles. The number of hydrogen-bond donors (Lipinski definition) is 0. The van der Waals surface area contributed by atoms with Crippen molar-refractivity contribution in [2.45, 2.75) is 71.1 Å². The molecule has 0 fully saturated rings. The molecule has 16 heavy (non-hydrogen) atoms. The number of allylic oxidation sites excluding steroid dienone is 3. The third kappa shape index (κ3) is 12.0. The van der Waals surface area contributed by atoms with Gasteiger partial charge in [0.15, 0.2) is 0 Å². The van der Waals surface area contributed by atoms with Crippen molar-refractivity contribution >= 4 is 15.9 Å². The van der Waals surface area contributed by atoms with Gasteiger partial charge in [0, 0.05) is 4.48 Å². The lowest BCUT2D eigenvalue weighted by Gasteiger charge is -2.00. The second kappa shape index (κ2) is 13.0. The number of halogens is 1. The average Bonchev–Trinajstić information content (AvgIpc) is 2.31. The molecule has 0 spiro atoms. The van der Waals surface area contributed by atoms with Gasteiger partial charge in [-0.2, -0.15) is 0 Å². The van der Waals surface area contributed by atoms with Gasteiger partial charge in [-0.25, -0.2) is 0 Å². The molecule has 0 radical (unpaired) electrons. The molecule has 0 aliphatic carbocycles. The Morgan fingerprint density at radius 3 is 1.94 bits per heavy atom. The minimum absolute atomic E-state index is 1.13. The van der Waals surface area contributed by atoms with Gasteiger partial charge in [0.2, 0.25) is 0 Å². The van der Waals surface area contributed by atoms with E-state index in [0.29, 0.717) is 0 Å². The van der Waals surface area contributed by atoms with Crippen LogP contribution in [-0.4, -0.2) is 0 Å². The van der Waals surface area contributed by atoms with Crippen molar-refractivity contribution in [2.75, 3.05) is 0 Å². The van der Waals surface area contributed by atoms with Crippen LogP contribution in [0, 0.1) is 0 Å². The molecule has 0 rings (SSSR count). The van der Waals surface area contributed by atoms with E-state index in [9.17, 15) is 0 Å². The molecule has 0 bridgehead atoms. The zero-order valence-corrected chi connectivity index (χ0v) is 12.4. The second-order valence-electron chi connectivity index (χ2n) is 4.41. The molecule has 0 N–H and O–H groups in total. The quantitative estimate of drug-likeness (QED) is 0.306. The highest BCUT2D eigenvalue weighted by Gasteiger charge is 1.91. The van der Waals surface area contributed by atoms with Gasteiger partial charge in [-0.15, -0.1) is 0 Å². The lowest BCUT2D eigenvalue weighted by atomic mass is 10.1. The Bertz CT molecular complexity index is 182. The van der Waals surface area contributed by atoms with Gasteiger partial charge >= 0.3 is 0 Å². The summed E-state index contributed by atoms with van der Waals surface area (Å²) in [6, 6.07) is 0. The molecule has 1 heteroatoms. The Morgan fingerprint density at radius 1 is 0.938 bits per heavy atom. The normalized spacial score (nSPS) is 11.8.